The highest BCUT2D eigenvalue weighted by atomic mass is 16.3. The molecule has 1 saturated heterocycles. The topological polar surface area (TPSA) is 69.2 Å². The first kappa shape index (κ1) is 13.5. The number of H-pyrrole nitrogens is 1. The monoisotopic (exact) mass is 297 g/mol. The number of carbonyl (C=O) groups excluding carboxylic acids is 1. The molecule has 0 radical (unpaired) electrons. The largest absolute Gasteiger partial charge is 0.388 e. The molecule has 2 aliphatic rings. The molecule has 4 rings (SSSR count). The van der Waals surface area contributed by atoms with Gasteiger partial charge in [0.2, 0.25) is 0 Å². The summed E-state index contributed by atoms with van der Waals surface area (Å²) in [5.74, 6) is 0.0215. The van der Waals surface area contributed by atoms with Crippen LogP contribution < -0.4 is 0 Å². The lowest BCUT2D eigenvalue weighted by Gasteiger charge is -2.29. The zero-order valence-electron chi connectivity index (χ0n) is 12.3. The van der Waals surface area contributed by atoms with E-state index in [1.165, 1.54) is 0 Å². The van der Waals surface area contributed by atoms with Gasteiger partial charge in [0.25, 0.3) is 5.91 Å². The van der Waals surface area contributed by atoms with Crippen molar-refractivity contribution in [3.05, 3.63) is 42.2 Å². The van der Waals surface area contributed by atoms with Crippen LogP contribution in [-0.4, -0.2) is 44.3 Å². The summed E-state index contributed by atoms with van der Waals surface area (Å²) in [6.07, 6.45) is 7.07. The van der Waals surface area contributed by atoms with E-state index < -0.39 is 5.60 Å². The second-order valence-corrected chi connectivity index (χ2v) is 6.33. The molecule has 1 amide bonds. The van der Waals surface area contributed by atoms with Crippen LogP contribution in [0.2, 0.25) is 0 Å². The van der Waals surface area contributed by atoms with Gasteiger partial charge in [0.05, 0.1) is 17.8 Å². The predicted octanol–water partition coefficient (Wildman–Crippen LogP) is 2.21. The molecule has 1 aliphatic carbocycles. The quantitative estimate of drug-likeness (QED) is 0.912. The van der Waals surface area contributed by atoms with E-state index in [1.54, 1.807) is 6.20 Å². The van der Waals surface area contributed by atoms with Crippen molar-refractivity contribution in [3.8, 4) is 11.1 Å². The minimum atomic E-state index is -0.631. The Morgan fingerprint density at radius 3 is 2.95 bits per heavy atom. The Bertz CT molecular complexity index is 692. The minimum absolute atomic E-state index is 0.0161. The highest BCUT2D eigenvalue weighted by Crippen LogP contribution is 2.45. The van der Waals surface area contributed by atoms with Crippen LogP contribution >= 0.6 is 0 Å². The van der Waals surface area contributed by atoms with Crippen molar-refractivity contribution >= 4 is 5.91 Å². The van der Waals surface area contributed by atoms with Gasteiger partial charge in [0.1, 0.15) is 0 Å². The van der Waals surface area contributed by atoms with Gasteiger partial charge in [-0.15, -0.1) is 0 Å². The van der Waals surface area contributed by atoms with E-state index >= 15 is 0 Å². The average Bonchev–Trinajstić information content (AvgIpc) is 3.03. The second kappa shape index (κ2) is 4.95. The molecule has 2 heterocycles. The Kier molecular flexibility index (Phi) is 3.04. The Balaban J connectivity index is 1.61. The normalized spacial score (nSPS) is 22.8. The number of rotatable bonds is 3. The molecular formula is C17H19N3O2. The van der Waals surface area contributed by atoms with Gasteiger partial charge in [0.15, 0.2) is 0 Å². The SMILES string of the molecule is O=C(c1cccc(-c2cn[nH]c2)c1)N1CCCC1C1(O)CC1. The number of hydrogen-bond acceptors (Lipinski definition) is 3. The lowest BCUT2D eigenvalue weighted by molar-refractivity contribution is 0.0386. The number of nitrogens with zero attached hydrogens (tertiary/aromatic N) is 2. The standard InChI is InChI=1S/C17H19N3O2/c21-16(20-8-2-5-15(20)17(22)6-7-17)13-4-1-3-12(9-13)14-10-18-19-11-14/h1,3-4,9-11,15,22H,2,5-8H2,(H,18,19). The number of aromatic amines is 1. The summed E-state index contributed by atoms with van der Waals surface area (Å²) in [6, 6.07) is 7.60. The third-order valence-electron chi connectivity index (χ3n) is 4.84. The third kappa shape index (κ3) is 2.22. The van der Waals surface area contributed by atoms with Crippen molar-refractivity contribution in [2.45, 2.75) is 37.3 Å². The second-order valence-electron chi connectivity index (χ2n) is 6.33. The fraction of sp³-hybridized carbons (Fsp3) is 0.412. The molecule has 5 nitrogen and oxygen atoms in total. The molecule has 1 aliphatic heterocycles. The Morgan fingerprint density at radius 2 is 2.23 bits per heavy atom. The van der Waals surface area contributed by atoms with Crippen molar-refractivity contribution in [2.24, 2.45) is 0 Å². The van der Waals surface area contributed by atoms with Gasteiger partial charge in [0, 0.05) is 23.9 Å². The van der Waals surface area contributed by atoms with Gasteiger partial charge < -0.3 is 10.0 Å². The van der Waals surface area contributed by atoms with E-state index in [1.807, 2.05) is 35.4 Å². The number of carbonyl (C=O) groups is 1. The molecule has 2 fully saturated rings. The summed E-state index contributed by atoms with van der Waals surface area (Å²) in [6.45, 7) is 0.738. The fourth-order valence-corrected chi connectivity index (χ4v) is 3.44. The highest BCUT2D eigenvalue weighted by Gasteiger charge is 2.52. The van der Waals surface area contributed by atoms with Crippen LogP contribution in [0.25, 0.3) is 11.1 Å². The maximum Gasteiger partial charge on any atom is 0.254 e. The van der Waals surface area contributed by atoms with Crippen LogP contribution in [0.15, 0.2) is 36.7 Å². The summed E-state index contributed by atoms with van der Waals surface area (Å²) in [5.41, 5.74) is 1.98. The maximum atomic E-state index is 12.8. The summed E-state index contributed by atoms with van der Waals surface area (Å²) < 4.78 is 0. The average molecular weight is 297 g/mol. The molecule has 1 aromatic carbocycles. The molecule has 1 saturated carbocycles. The predicted molar refractivity (Wildman–Crippen MR) is 82.3 cm³/mol. The number of likely N-dealkylation sites (tertiary alicyclic amines) is 1. The third-order valence-corrected chi connectivity index (χ3v) is 4.84. The van der Waals surface area contributed by atoms with Crippen molar-refractivity contribution in [1.82, 2.24) is 15.1 Å². The zero-order chi connectivity index (χ0) is 15.2. The molecule has 5 heteroatoms. The highest BCUT2D eigenvalue weighted by molar-refractivity contribution is 5.96. The Morgan fingerprint density at radius 1 is 1.36 bits per heavy atom. The number of hydrogen-bond donors (Lipinski definition) is 2. The van der Waals surface area contributed by atoms with Crippen LogP contribution in [0.4, 0.5) is 0 Å². The number of benzene rings is 1. The zero-order valence-corrected chi connectivity index (χ0v) is 12.3. The fourth-order valence-electron chi connectivity index (χ4n) is 3.44. The molecule has 1 aromatic heterocycles. The van der Waals surface area contributed by atoms with E-state index in [0.717, 1.165) is 43.4 Å². The smallest absolute Gasteiger partial charge is 0.254 e. The summed E-state index contributed by atoms with van der Waals surface area (Å²) in [5, 5.41) is 17.1. The van der Waals surface area contributed by atoms with Crippen LogP contribution in [0.1, 0.15) is 36.0 Å². The number of aliphatic hydroxyl groups is 1. The molecule has 2 N–H and O–H groups in total. The van der Waals surface area contributed by atoms with Gasteiger partial charge >= 0.3 is 0 Å². The first-order chi connectivity index (χ1) is 10.7. The van der Waals surface area contributed by atoms with Crippen LogP contribution in [0.5, 0.6) is 0 Å². The van der Waals surface area contributed by atoms with E-state index in [0.29, 0.717) is 5.56 Å². The first-order valence-corrected chi connectivity index (χ1v) is 7.80. The lowest BCUT2D eigenvalue weighted by Crippen LogP contribution is -2.44. The van der Waals surface area contributed by atoms with Gasteiger partial charge in [-0.2, -0.15) is 5.10 Å². The molecule has 0 spiro atoms. The van der Waals surface area contributed by atoms with Gasteiger partial charge in [-0.25, -0.2) is 0 Å². The molecule has 22 heavy (non-hydrogen) atoms. The summed E-state index contributed by atoms with van der Waals surface area (Å²) >= 11 is 0. The van der Waals surface area contributed by atoms with Crippen molar-refractivity contribution in [1.29, 1.82) is 0 Å². The number of nitrogens with one attached hydrogen (secondary N) is 1. The van der Waals surface area contributed by atoms with Crippen LogP contribution in [0.3, 0.4) is 0 Å². The van der Waals surface area contributed by atoms with E-state index in [9.17, 15) is 9.90 Å². The van der Waals surface area contributed by atoms with E-state index in [2.05, 4.69) is 10.2 Å². The Hall–Kier alpha value is -2.14. The molecule has 0 bridgehead atoms. The molecule has 1 atom stereocenters. The minimum Gasteiger partial charge on any atom is -0.388 e. The van der Waals surface area contributed by atoms with Crippen LogP contribution in [-0.2, 0) is 0 Å². The number of aromatic nitrogens is 2. The summed E-state index contributed by atoms with van der Waals surface area (Å²) in [4.78, 5) is 14.7. The van der Waals surface area contributed by atoms with E-state index in [-0.39, 0.29) is 11.9 Å². The van der Waals surface area contributed by atoms with Gasteiger partial charge in [-0.05, 0) is 43.4 Å². The van der Waals surface area contributed by atoms with Gasteiger partial charge in [-0.1, -0.05) is 12.1 Å². The van der Waals surface area contributed by atoms with Gasteiger partial charge in [-0.3, -0.25) is 9.89 Å². The number of amides is 1. The van der Waals surface area contributed by atoms with Crippen LogP contribution in [0, 0.1) is 0 Å². The maximum absolute atomic E-state index is 12.8. The van der Waals surface area contributed by atoms with Crippen molar-refractivity contribution in [3.63, 3.8) is 0 Å². The van der Waals surface area contributed by atoms with E-state index in [4.69, 9.17) is 0 Å². The molecular weight excluding hydrogens is 278 g/mol. The molecule has 114 valence electrons. The summed E-state index contributed by atoms with van der Waals surface area (Å²) in [7, 11) is 0. The first-order valence-electron chi connectivity index (χ1n) is 7.80. The van der Waals surface area contributed by atoms with Crippen molar-refractivity contribution < 1.29 is 9.90 Å². The lowest BCUT2D eigenvalue weighted by atomic mass is 10.0. The van der Waals surface area contributed by atoms with Crippen molar-refractivity contribution in [2.75, 3.05) is 6.54 Å². The molecule has 1 unspecified atom stereocenters. The molecule has 2 aromatic rings. The Labute approximate surface area is 129 Å².